The van der Waals surface area contributed by atoms with Crippen LogP contribution >= 0.6 is 11.6 Å². The normalized spacial score (nSPS) is 10.9. The zero-order chi connectivity index (χ0) is 9.52. The molecule has 1 aromatic rings. The van der Waals surface area contributed by atoms with Crippen LogP contribution in [0.15, 0.2) is 29.3 Å². The molecule has 0 aliphatic carbocycles. The highest BCUT2D eigenvalue weighted by Gasteiger charge is 1.89. The van der Waals surface area contributed by atoms with Crippen LogP contribution in [0.4, 0.5) is 4.39 Å². The summed E-state index contributed by atoms with van der Waals surface area (Å²) in [6.07, 6.45) is 2.52. The van der Waals surface area contributed by atoms with Gasteiger partial charge in [0, 0.05) is 18.6 Å². The first kappa shape index (κ1) is 10.2. The molecule has 13 heavy (non-hydrogen) atoms. The fraction of sp³-hybridized carbons (Fsp3) is 0.300. The molecule has 0 aromatic heterocycles. The zero-order valence-corrected chi connectivity index (χ0v) is 7.97. The molecule has 0 heterocycles. The first-order chi connectivity index (χ1) is 6.33. The van der Waals surface area contributed by atoms with E-state index in [0.29, 0.717) is 12.4 Å². The zero-order valence-electron chi connectivity index (χ0n) is 7.21. The highest BCUT2D eigenvalue weighted by atomic mass is 35.5. The van der Waals surface area contributed by atoms with Crippen molar-refractivity contribution in [3.63, 3.8) is 0 Å². The van der Waals surface area contributed by atoms with E-state index in [0.717, 1.165) is 12.0 Å². The molecule has 1 aromatic carbocycles. The quantitative estimate of drug-likeness (QED) is 0.402. The maximum absolute atomic E-state index is 12.7. The lowest BCUT2D eigenvalue weighted by Crippen LogP contribution is -1.86. The van der Waals surface area contributed by atoms with E-state index in [1.807, 2.05) is 6.07 Å². The first-order valence-electron chi connectivity index (χ1n) is 4.14. The third kappa shape index (κ3) is 4.04. The van der Waals surface area contributed by atoms with Crippen LogP contribution in [0.3, 0.4) is 0 Å². The van der Waals surface area contributed by atoms with E-state index in [4.69, 9.17) is 11.6 Å². The maximum Gasteiger partial charge on any atom is 0.123 e. The Balaban J connectivity index is 2.48. The predicted octanol–water partition coefficient (Wildman–Crippen LogP) is 2.87. The van der Waals surface area contributed by atoms with Crippen molar-refractivity contribution in [2.75, 3.05) is 12.4 Å². The fourth-order valence-electron chi connectivity index (χ4n) is 0.908. The number of rotatable bonds is 4. The summed E-state index contributed by atoms with van der Waals surface area (Å²) in [5.74, 6) is 0.377. The molecule has 0 spiro atoms. The fourth-order valence-corrected chi connectivity index (χ4v) is 1.03. The van der Waals surface area contributed by atoms with Crippen molar-refractivity contribution >= 4 is 17.8 Å². The van der Waals surface area contributed by atoms with Crippen molar-refractivity contribution in [3.8, 4) is 0 Å². The number of halogens is 2. The molecular formula is C10H11ClFN. The predicted molar refractivity (Wildman–Crippen MR) is 54.2 cm³/mol. The van der Waals surface area contributed by atoms with E-state index < -0.39 is 0 Å². The third-order valence-electron chi connectivity index (χ3n) is 1.51. The van der Waals surface area contributed by atoms with Gasteiger partial charge in [-0.05, 0) is 24.1 Å². The topological polar surface area (TPSA) is 12.4 Å². The second-order valence-corrected chi connectivity index (χ2v) is 3.01. The smallest absolute Gasteiger partial charge is 0.123 e. The maximum atomic E-state index is 12.7. The van der Waals surface area contributed by atoms with Gasteiger partial charge in [-0.15, -0.1) is 11.6 Å². The van der Waals surface area contributed by atoms with Crippen LogP contribution in [-0.2, 0) is 0 Å². The van der Waals surface area contributed by atoms with Crippen LogP contribution in [0.2, 0.25) is 0 Å². The summed E-state index contributed by atoms with van der Waals surface area (Å²) in [5, 5.41) is 0. The summed E-state index contributed by atoms with van der Waals surface area (Å²) in [6.45, 7) is 0.694. The molecule has 0 aliphatic rings. The average Bonchev–Trinajstić information content (AvgIpc) is 2.13. The molecule has 3 heteroatoms. The Bertz CT molecular complexity index is 286. The van der Waals surface area contributed by atoms with Gasteiger partial charge in [-0.3, -0.25) is 4.99 Å². The van der Waals surface area contributed by atoms with E-state index in [1.54, 1.807) is 12.3 Å². The average molecular weight is 200 g/mol. The molecule has 0 saturated heterocycles. The summed E-state index contributed by atoms with van der Waals surface area (Å²) < 4.78 is 12.7. The van der Waals surface area contributed by atoms with Gasteiger partial charge in [0.05, 0.1) is 0 Å². The first-order valence-corrected chi connectivity index (χ1v) is 4.68. The van der Waals surface area contributed by atoms with Crippen LogP contribution in [-0.4, -0.2) is 18.6 Å². The molecule has 0 amide bonds. The summed E-state index contributed by atoms with van der Waals surface area (Å²) in [4.78, 5) is 4.10. The van der Waals surface area contributed by atoms with Gasteiger partial charge in [0.1, 0.15) is 5.82 Å². The summed E-state index contributed by atoms with van der Waals surface area (Å²) in [5.41, 5.74) is 0.787. The minimum absolute atomic E-state index is 0.235. The lowest BCUT2D eigenvalue weighted by atomic mass is 10.2. The number of nitrogens with zero attached hydrogens (tertiary/aromatic N) is 1. The molecule has 0 unspecified atom stereocenters. The van der Waals surface area contributed by atoms with Gasteiger partial charge in [-0.25, -0.2) is 4.39 Å². The molecule has 0 fully saturated rings. The Kier molecular flexibility index (Phi) is 4.47. The minimum Gasteiger partial charge on any atom is -0.293 e. The Morgan fingerprint density at radius 1 is 1.46 bits per heavy atom. The molecule has 1 rings (SSSR count). The molecule has 0 N–H and O–H groups in total. The third-order valence-corrected chi connectivity index (χ3v) is 1.78. The van der Waals surface area contributed by atoms with Gasteiger partial charge in [0.15, 0.2) is 0 Å². The van der Waals surface area contributed by atoms with E-state index in [1.165, 1.54) is 12.1 Å². The molecule has 0 atom stereocenters. The highest BCUT2D eigenvalue weighted by molar-refractivity contribution is 6.17. The Morgan fingerprint density at radius 3 is 3.00 bits per heavy atom. The molecule has 0 bridgehead atoms. The summed E-state index contributed by atoms with van der Waals surface area (Å²) in [6, 6.07) is 6.34. The SMILES string of the molecule is Fc1cccc(/C=N/CCCCl)c1. The molecule has 0 radical (unpaired) electrons. The van der Waals surface area contributed by atoms with E-state index in [2.05, 4.69) is 4.99 Å². The Morgan fingerprint density at radius 2 is 2.31 bits per heavy atom. The van der Waals surface area contributed by atoms with Gasteiger partial charge < -0.3 is 0 Å². The van der Waals surface area contributed by atoms with Crippen LogP contribution in [0.5, 0.6) is 0 Å². The summed E-state index contributed by atoms with van der Waals surface area (Å²) in [7, 11) is 0. The molecule has 70 valence electrons. The molecule has 0 saturated carbocycles. The van der Waals surface area contributed by atoms with Gasteiger partial charge in [-0.1, -0.05) is 12.1 Å². The van der Waals surface area contributed by atoms with Gasteiger partial charge in [-0.2, -0.15) is 0 Å². The van der Waals surface area contributed by atoms with Crippen molar-refractivity contribution in [2.45, 2.75) is 6.42 Å². The lowest BCUT2D eigenvalue weighted by Gasteiger charge is -1.92. The van der Waals surface area contributed by atoms with Crippen molar-refractivity contribution in [1.82, 2.24) is 0 Å². The highest BCUT2D eigenvalue weighted by Crippen LogP contribution is 2.00. The van der Waals surface area contributed by atoms with Crippen LogP contribution in [0.25, 0.3) is 0 Å². The van der Waals surface area contributed by atoms with Gasteiger partial charge in [0.25, 0.3) is 0 Å². The van der Waals surface area contributed by atoms with Crippen LogP contribution < -0.4 is 0 Å². The van der Waals surface area contributed by atoms with E-state index in [-0.39, 0.29) is 5.82 Å². The Labute approximate surface area is 82.3 Å². The van der Waals surface area contributed by atoms with Gasteiger partial charge >= 0.3 is 0 Å². The number of hydrogen-bond donors (Lipinski definition) is 0. The monoisotopic (exact) mass is 199 g/mol. The van der Waals surface area contributed by atoms with Crippen LogP contribution in [0.1, 0.15) is 12.0 Å². The largest absolute Gasteiger partial charge is 0.293 e. The number of hydrogen-bond acceptors (Lipinski definition) is 1. The van der Waals surface area contributed by atoms with Crippen LogP contribution in [0, 0.1) is 5.82 Å². The summed E-state index contributed by atoms with van der Waals surface area (Å²) >= 11 is 5.47. The van der Waals surface area contributed by atoms with Crippen molar-refractivity contribution in [3.05, 3.63) is 35.6 Å². The van der Waals surface area contributed by atoms with Crippen molar-refractivity contribution in [2.24, 2.45) is 4.99 Å². The van der Waals surface area contributed by atoms with Crippen molar-refractivity contribution < 1.29 is 4.39 Å². The number of aliphatic imine (C=N–C) groups is 1. The molecular weight excluding hydrogens is 189 g/mol. The lowest BCUT2D eigenvalue weighted by molar-refractivity contribution is 0.627. The number of benzene rings is 1. The minimum atomic E-state index is -0.235. The Hall–Kier alpha value is -0.890. The van der Waals surface area contributed by atoms with E-state index in [9.17, 15) is 4.39 Å². The molecule has 1 nitrogen and oxygen atoms in total. The van der Waals surface area contributed by atoms with Gasteiger partial charge in [0.2, 0.25) is 0 Å². The molecule has 0 aliphatic heterocycles. The van der Waals surface area contributed by atoms with Crippen molar-refractivity contribution in [1.29, 1.82) is 0 Å². The second-order valence-electron chi connectivity index (χ2n) is 2.63. The standard InChI is InChI=1S/C10H11ClFN/c11-5-2-6-13-8-9-3-1-4-10(12)7-9/h1,3-4,7-8H,2,5-6H2/b13-8+. The second kappa shape index (κ2) is 5.70. The number of alkyl halides is 1. The van der Waals surface area contributed by atoms with E-state index >= 15 is 0 Å².